The van der Waals surface area contributed by atoms with Crippen LogP contribution in [0.15, 0.2) is 60.7 Å². The third-order valence-corrected chi connectivity index (χ3v) is 3.83. The molecule has 118 valence electrons. The summed E-state index contributed by atoms with van der Waals surface area (Å²) < 4.78 is 0. The minimum atomic E-state index is -0.707. The summed E-state index contributed by atoms with van der Waals surface area (Å²) in [7, 11) is 0. The van der Waals surface area contributed by atoms with Crippen molar-refractivity contribution < 1.29 is 15.3 Å². The SMILES string of the molecule is O[C@H](CCc1ccccc1)C[C@@H](O)C[C@@H](O)c1ccccc1. The van der Waals surface area contributed by atoms with Crippen molar-refractivity contribution in [2.45, 2.75) is 44.0 Å². The molecule has 0 saturated carbocycles. The van der Waals surface area contributed by atoms with E-state index in [1.807, 2.05) is 60.7 Å². The molecule has 0 radical (unpaired) electrons. The first kappa shape index (κ1) is 16.7. The molecular formula is C19H24O3. The Labute approximate surface area is 131 Å². The Hall–Kier alpha value is -1.68. The molecule has 2 aromatic carbocycles. The Balaban J connectivity index is 1.73. The van der Waals surface area contributed by atoms with Crippen LogP contribution in [-0.4, -0.2) is 27.5 Å². The number of aryl methyl sites for hydroxylation is 1. The van der Waals surface area contributed by atoms with Crippen LogP contribution >= 0.6 is 0 Å². The second kappa shape index (κ2) is 8.69. The Morgan fingerprint density at radius 3 is 1.91 bits per heavy atom. The van der Waals surface area contributed by atoms with Crippen molar-refractivity contribution in [2.75, 3.05) is 0 Å². The smallest absolute Gasteiger partial charge is 0.0814 e. The third-order valence-electron chi connectivity index (χ3n) is 3.83. The van der Waals surface area contributed by atoms with Gasteiger partial charge in [-0.3, -0.25) is 0 Å². The fraction of sp³-hybridized carbons (Fsp3) is 0.368. The van der Waals surface area contributed by atoms with Gasteiger partial charge in [0.25, 0.3) is 0 Å². The normalized spacial score (nSPS) is 15.2. The molecule has 0 bridgehead atoms. The van der Waals surface area contributed by atoms with E-state index < -0.39 is 18.3 Å². The van der Waals surface area contributed by atoms with Gasteiger partial charge in [-0.05, 0) is 30.4 Å². The van der Waals surface area contributed by atoms with Crippen molar-refractivity contribution in [1.82, 2.24) is 0 Å². The summed E-state index contributed by atoms with van der Waals surface area (Å²) in [5.74, 6) is 0. The maximum absolute atomic E-state index is 10.1. The van der Waals surface area contributed by atoms with E-state index in [1.165, 1.54) is 5.56 Å². The number of hydrogen-bond acceptors (Lipinski definition) is 3. The quantitative estimate of drug-likeness (QED) is 0.702. The number of benzene rings is 2. The Kier molecular flexibility index (Phi) is 6.59. The van der Waals surface area contributed by atoms with Crippen molar-refractivity contribution in [3.8, 4) is 0 Å². The molecule has 22 heavy (non-hydrogen) atoms. The van der Waals surface area contributed by atoms with E-state index in [0.717, 1.165) is 12.0 Å². The number of rotatable bonds is 8. The van der Waals surface area contributed by atoms with Crippen molar-refractivity contribution in [1.29, 1.82) is 0 Å². The summed E-state index contributed by atoms with van der Waals surface area (Å²) in [5, 5.41) is 30.1. The lowest BCUT2D eigenvalue weighted by Crippen LogP contribution is -2.20. The molecule has 3 atom stereocenters. The third kappa shape index (κ3) is 5.60. The number of hydrogen-bond donors (Lipinski definition) is 3. The first-order valence-corrected chi connectivity index (χ1v) is 7.78. The number of aliphatic hydroxyl groups is 3. The molecule has 0 saturated heterocycles. The van der Waals surface area contributed by atoms with Crippen LogP contribution in [0.5, 0.6) is 0 Å². The Morgan fingerprint density at radius 2 is 1.27 bits per heavy atom. The minimum Gasteiger partial charge on any atom is -0.393 e. The zero-order valence-electron chi connectivity index (χ0n) is 12.7. The molecule has 0 aliphatic heterocycles. The molecular weight excluding hydrogens is 276 g/mol. The van der Waals surface area contributed by atoms with Gasteiger partial charge in [-0.1, -0.05) is 60.7 Å². The van der Waals surface area contributed by atoms with Gasteiger partial charge in [0.2, 0.25) is 0 Å². The van der Waals surface area contributed by atoms with Gasteiger partial charge < -0.3 is 15.3 Å². The fourth-order valence-electron chi connectivity index (χ4n) is 2.58. The zero-order valence-corrected chi connectivity index (χ0v) is 12.7. The van der Waals surface area contributed by atoms with E-state index in [9.17, 15) is 15.3 Å². The van der Waals surface area contributed by atoms with E-state index in [-0.39, 0.29) is 12.8 Å². The molecule has 0 aliphatic rings. The van der Waals surface area contributed by atoms with Crippen molar-refractivity contribution >= 4 is 0 Å². The largest absolute Gasteiger partial charge is 0.393 e. The lowest BCUT2D eigenvalue weighted by molar-refractivity contribution is 0.0370. The zero-order chi connectivity index (χ0) is 15.8. The van der Waals surface area contributed by atoms with Crippen molar-refractivity contribution in [2.24, 2.45) is 0 Å². The molecule has 0 unspecified atom stereocenters. The van der Waals surface area contributed by atoms with Gasteiger partial charge in [-0.15, -0.1) is 0 Å². The van der Waals surface area contributed by atoms with Crippen LogP contribution in [0.2, 0.25) is 0 Å². The van der Waals surface area contributed by atoms with Gasteiger partial charge in [0, 0.05) is 6.42 Å². The molecule has 3 N–H and O–H groups in total. The van der Waals surface area contributed by atoms with Gasteiger partial charge in [0.1, 0.15) is 0 Å². The van der Waals surface area contributed by atoms with Crippen molar-refractivity contribution in [3.63, 3.8) is 0 Å². The van der Waals surface area contributed by atoms with Crippen LogP contribution in [-0.2, 0) is 6.42 Å². The van der Waals surface area contributed by atoms with Crippen molar-refractivity contribution in [3.05, 3.63) is 71.8 Å². The molecule has 2 rings (SSSR count). The highest BCUT2D eigenvalue weighted by atomic mass is 16.3. The average Bonchev–Trinajstić information content (AvgIpc) is 2.54. The summed E-state index contributed by atoms with van der Waals surface area (Å²) in [6.45, 7) is 0. The summed E-state index contributed by atoms with van der Waals surface area (Å²) in [6, 6.07) is 19.3. The second-order valence-electron chi connectivity index (χ2n) is 5.73. The lowest BCUT2D eigenvalue weighted by Gasteiger charge is -2.19. The highest BCUT2D eigenvalue weighted by Gasteiger charge is 2.17. The maximum atomic E-state index is 10.1. The van der Waals surface area contributed by atoms with Gasteiger partial charge in [-0.2, -0.15) is 0 Å². The molecule has 0 aliphatic carbocycles. The Bertz CT molecular complexity index is 527. The summed E-state index contributed by atoms with van der Waals surface area (Å²) in [5.41, 5.74) is 1.97. The first-order valence-electron chi connectivity index (χ1n) is 7.78. The molecule has 0 amide bonds. The van der Waals surface area contributed by atoms with Crippen LogP contribution in [0.1, 0.15) is 36.5 Å². The lowest BCUT2D eigenvalue weighted by atomic mass is 9.97. The topological polar surface area (TPSA) is 60.7 Å². The van der Waals surface area contributed by atoms with Crippen LogP contribution in [0, 0.1) is 0 Å². The first-order chi connectivity index (χ1) is 10.6. The summed E-state index contributed by atoms with van der Waals surface area (Å²) in [4.78, 5) is 0. The van der Waals surface area contributed by atoms with E-state index in [4.69, 9.17) is 0 Å². The van der Waals surface area contributed by atoms with E-state index in [2.05, 4.69) is 0 Å². The van der Waals surface area contributed by atoms with E-state index in [0.29, 0.717) is 6.42 Å². The molecule has 0 spiro atoms. The monoisotopic (exact) mass is 300 g/mol. The van der Waals surface area contributed by atoms with Gasteiger partial charge in [-0.25, -0.2) is 0 Å². The van der Waals surface area contributed by atoms with E-state index >= 15 is 0 Å². The average molecular weight is 300 g/mol. The van der Waals surface area contributed by atoms with Gasteiger partial charge in [0.05, 0.1) is 18.3 Å². The fourth-order valence-corrected chi connectivity index (χ4v) is 2.58. The molecule has 0 heterocycles. The standard InChI is InChI=1S/C19H24O3/c20-17(12-11-15-7-3-1-4-8-15)13-18(21)14-19(22)16-9-5-2-6-10-16/h1-10,17-22H,11-14H2/t17-,18-,19-/m1/s1. The Morgan fingerprint density at radius 1 is 0.682 bits per heavy atom. The molecule has 3 nitrogen and oxygen atoms in total. The van der Waals surface area contributed by atoms with Crippen LogP contribution in [0.25, 0.3) is 0 Å². The highest BCUT2D eigenvalue weighted by Crippen LogP contribution is 2.20. The van der Waals surface area contributed by atoms with Crippen LogP contribution in [0.3, 0.4) is 0 Å². The summed E-state index contributed by atoms with van der Waals surface area (Å²) >= 11 is 0. The molecule has 3 heteroatoms. The highest BCUT2D eigenvalue weighted by molar-refractivity contribution is 5.17. The van der Waals surface area contributed by atoms with Gasteiger partial charge >= 0.3 is 0 Å². The summed E-state index contributed by atoms with van der Waals surface area (Å²) in [6.07, 6.45) is -0.0293. The van der Waals surface area contributed by atoms with Gasteiger partial charge in [0.15, 0.2) is 0 Å². The minimum absolute atomic E-state index is 0.242. The number of aliphatic hydroxyl groups excluding tert-OH is 3. The molecule has 0 fully saturated rings. The maximum Gasteiger partial charge on any atom is 0.0814 e. The molecule has 0 aromatic heterocycles. The predicted octanol–water partition coefficient (Wildman–Crippen LogP) is 2.85. The van der Waals surface area contributed by atoms with Crippen LogP contribution in [0.4, 0.5) is 0 Å². The predicted molar refractivity (Wildman–Crippen MR) is 87.4 cm³/mol. The van der Waals surface area contributed by atoms with Crippen LogP contribution < -0.4 is 0 Å². The van der Waals surface area contributed by atoms with E-state index in [1.54, 1.807) is 0 Å². The second-order valence-corrected chi connectivity index (χ2v) is 5.73. The molecule has 2 aromatic rings.